The summed E-state index contributed by atoms with van der Waals surface area (Å²) in [4.78, 5) is 22.5. The summed E-state index contributed by atoms with van der Waals surface area (Å²) in [5.74, 6) is -0.417. The summed E-state index contributed by atoms with van der Waals surface area (Å²) in [6.45, 7) is 4.66. The van der Waals surface area contributed by atoms with E-state index < -0.39 is 19.9 Å². The van der Waals surface area contributed by atoms with Gasteiger partial charge >= 0.3 is 13.8 Å². The molecule has 354 valence electrons. The van der Waals surface area contributed by atoms with Gasteiger partial charge in [-0.25, -0.2) is 4.57 Å². The lowest BCUT2D eigenvalue weighted by atomic mass is 10.1. The van der Waals surface area contributed by atoms with Gasteiger partial charge in [0.2, 0.25) is 0 Å². The molecule has 0 aliphatic heterocycles. The molecule has 3 N–H and O–H groups in total. The Balaban J connectivity index is 4.11. The second kappa shape index (κ2) is 49.2. The average Bonchev–Trinajstić information content (AvgIpc) is 3.26. The summed E-state index contributed by atoms with van der Waals surface area (Å²) in [6.07, 6.45) is 67.1. The van der Waals surface area contributed by atoms with E-state index in [1.807, 2.05) is 12.2 Å². The lowest BCUT2D eigenvalue weighted by Gasteiger charge is -2.20. The molecule has 62 heavy (non-hydrogen) atoms. The molecule has 2 unspecified atom stereocenters. The topological polar surface area (TPSA) is 117 Å². The van der Waals surface area contributed by atoms with Crippen molar-refractivity contribution in [3.05, 3.63) is 109 Å². The highest BCUT2D eigenvalue weighted by Gasteiger charge is 2.25. The average molecular weight is 884 g/mol. The number of nitrogens with two attached hydrogens (primary N) is 1. The first kappa shape index (κ1) is 59.2. The molecule has 0 saturated heterocycles. The maximum absolute atomic E-state index is 12.6. The molecule has 0 aromatic heterocycles. The zero-order valence-electron chi connectivity index (χ0n) is 39.3. The number of hydrogen-bond donors (Lipinski definition) is 2. The highest BCUT2D eigenvalue weighted by atomic mass is 31.2. The molecule has 0 saturated carbocycles. The van der Waals surface area contributed by atoms with Crippen LogP contribution in [0.4, 0.5) is 0 Å². The van der Waals surface area contributed by atoms with Crippen molar-refractivity contribution in [3.63, 3.8) is 0 Å². The highest BCUT2D eigenvalue weighted by molar-refractivity contribution is 7.47. The molecule has 0 spiro atoms. The fraction of sp³-hybridized carbons (Fsp3) is 0.642. The van der Waals surface area contributed by atoms with E-state index in [4.69, 9.17) is 24.3 Å². The van der Waals surface area contributed by atoms with Crippen LogP contribution in [-0.4, -0.2) is 49.9 Å². The van der Waals surface area contributed by atoms with Crippen molar-refractivity contribution < 1.29 is 32.8 Å². The Hall–Kier alpha value is -2.84. The van der Waals surface area contributed by atoms with Gasteiger partial charge in [0.15, 0.2) is 0 Å². The lowest BCUT2D eigenvalue weighted by Crippen LogP contribution is -2.28. The third-order valence-corrected chi connectivity index (χ3v) is 10.7. The minimum Gasteiger partial charge on any atom is -0.457 e. The van der Waals surface area contributed by atoms with Gasteiger partial charge in [-0.05, 0) is 89.9 Å². The minimum atomic E-state index is -4.31. The third kappa shape index (κ3) is 48.2. The number of ether oxygens (including phenoxy) is 2. The molecule has 8 nitrogen and oxygen atoms in total. The lowest BCUT2D eigenvalue weighted by molar-refractivity contribution is -0.154. The van der Waals surface area contributed by atoms with Gasteiger partial charge in [0.1, 0.15) is 6.10 Å². The van der Waals surface area contributed by atoms with E-state index in [1.54, 1.807) is 0 Å². The fourth-order valence-electron chi connectivity index (χ4n) is 6.15. The first-order valence-electron chi connectivity index (χ1n) is 24.4. The van der Waals surface area contributed by atoms with E-state index in [-0.39, 0.29) is 32.8 Å². The molecule has 0 bridgehead atoms. The van der Waals surface area contributed by atoms with Crippen molar-refractivity contribution in [3.8, 4) is 0 Å². The zero-order chi connectivity index (χ0) is 45.1. The van der Waals surface area contributed by atoms with Crippen LogP contribution in [0.3, 0.4) is 0 Å². The van der Waals surface area contributed by atoms with Crippen LogP contribution in [0.5, 0.6) is 0 Å². The summed E-state index contributed by atoms with van der Waals surface area (Å²) in [5.41, 5.74) is 5.38. The van der Waals surface area contributed by atoms with E-state index >= 15 is 0 Å². The standard InChI is InChI=1S/C53H90NO7P/c1-3-5-7-9-11-13-15-17-19-21-23-24-25-26-27-29-31-33-35-37-39-41-43-45-48-58-50-52(51-60-62(56,57)59-49-47-54)61-53(55)46-44-42-40-38-36-34-32-30-28-22-20-18-16-14-12-10-8-6-4-2/h6,8,12,14-15,17-18,20-21,23,25-26,28,30,34,36,40,42,52H,3-5,7,9-11,13,16,19,22,24,27,29,31-33,35,37-39,41,43-51,54H2,1-2H3,(H,56,57)/b8-6-,14-12-,17-15-,20-18-,23-21-,26-25-,30-28-,36-34-,42-40-. The quantitative estimate of drug-likeness (QED) is 0.0269. The Kier molecular flexibility index (Phi) is 46.9. The minimum absolute atomic E-state index is 0.0748. The Morgan fingerprint density at radius 2 is 0.903 bits per heavy atom. The van der Waals surface area contributed by atoms with Crippen LogP contribution in [0, 0.1) is 0 Å². The number of esters is 1. The summed E-state index contributed by atoms with van der Waals surface area (Å²) in [5, 5.41) is 0. The van der Waals surface area contributed by atoms with Crippen molar-refractivity contribution in [2.75, 3.05) is 33.0 Å². The molecular formula is C53H90NO7P. The van der Waals surface area contributed by atoms with Crippen LogP contribution in [0.25, 0.3) is 0 Å². The number of phosphoric acid groups is 1. The van der Waals surface area contributed by atoms with Crippen LogP contribution < -0.4 is 5.73 Å². The molecular weight excluding hydrogens is 794 g/mol. The summed E-state index contributed by atoms with van der Waals surface area (Å²) in [6, 6.07) is 0. The molecule has 0 aromatic carbocycles. The van der Waals surface area contributed by atoms with Crippen LogP contribution in [0.2, 0.25) is 0 Å². The molecule has 0 fully saturated rings. The van der Waals surface area contributed by atoms with Crippen molar-refractivity contribution in [1.82, 2.24) is 0 Å². The fourth-order valence-corrected chi connectivity index (χ4v) is 6.91. The number of phosphoric ester groups is 1. The van der Waals surface area contributed by atoms with Crippen molar-refractivity contribution in [2.24, 2.45) is 5.73 Å². The van der Waals surface area contributed by atoms with Gasteiger partial charge in [0.05, 0.1) is 19.8 Å². The van der Waals surface area contributed by atoms with Gasteiger partial charge in [-0.2, -0.15) is 0 Å². The largest absolute Gasteiger partial charge is 0.472 e. The first-order chi connectivity index (χ1) is 30.4. The van der Waals surface area contributed by atoms with E-state index in [0.717, 1.165) is 70.6 Å². The van der Waals surface area contributed by atoms with Gasteiger partial charge in [0.25, 0.3) is 0 Å². The Labute approximate surface area is 380 Å². The molecule has 0 rings (SSSR count). The van der Waals surface area contributed by atoms with Crippen LogP contribution >= 0.6 is 7.82 Å². The van der Waals surface area contributed by atoms with Gasteiger partial charge in [-0.15, -0.1) is 0 Å². The molecule has 0 heterocycles. The molecule has 0 amide bonds. The predicted molar refractivity (Wildman–Crippen MR) is 265 cm³/mol. The number of allylic oxidation sites excluding steroid dienone is 18. The van der Waals surface area contributed by atoms with Gasteiger partial charge in [-0.3, -0.25) is 13.8 Å². The molecule has 0 aromatic rings. The maximum Gasteiger partial charge on any atom is 0.472 e. The normalized spacial score (nSPS) is 14.3. The van der Waals surface area contributed by atoms with Gasteiger partial charge in [0, 0.05) is 19.6 Å². The SMILES string of the molecule is CC/C=C\C/C=C\C/C=C\C/C=C\C/C=C\C/C=C\CCC(=O)OC(COCCCCCCCCCCC/C=C\C/C=C\C/C=C\CCCCCCC)COP(=O)(O)OCCN. The predicted octanol–water partition coefficient (Wildman–Crippen LogP) is 15.2. The van der Waals surface area contributed by atoms with E-state index in [9.17, 15) is 14.3 Å². The van der Waals surface area contributed by atoms with E-state index in [0.29, 0.717) is 13.0 Å². The number of rotatable bonds is 45. The Morgan fingerprint density at radius 1 is 0.500 bits per heavy atom. The van der Waals surface area contributed by atoms with Crippen LogP contribution in [0.15, 0.2) is 109 Å². The second-order valence-electron chi connectivity index (χ2n) is 15.6. The smallest absolute Gasteiger partial charge is 0.457 e. The summed E-state index contributed by atoms with van der Waals surface area (Å²) >= 11 is 0. The maximum atomic E-state index is 12.6. The number of carbonyl (C=O) groups excluding carboxylic acids is 1. The Morgan fingerprint density at radius 3 is 1.35 bits per heavy atom. The van der Waals surface area contributed by atoms with Crippen LogP contribution in [0.1, 0.15) is 181 Å². The first-order valence-corrected chi connectivity index (χ1v) is 25.9. The van der Waals surface area contributed by atoms with Gasteiger partial charge < -0.3 is 20.1 Å². The molecule has 0 radical (unpaired) electrons. The summed E-state index contributed by atoms with van der Waals surface area (Å²) in [7, 11) is -4.31. The second-order valence-corrected chi connectivity index (χ2v) is 17.0. The highest BCUT2D eigenvalue weighted by Crippen LogP contribution is 2.43. The monoisotopic (exact) mass is 884 g/mol. The molecule has 0 aliphatic rings. The van der Waals surface area contributed by atoms with Crippen molar-refractivity contribution >= 4 is 13.8 Å². The van der Waals surface area contributed by atoms with E-state index in [1.165, 1.54) is 83.5 Å². The van der Waals surface area contributed by atoms with E-state index in [2.05, 4.69) is 111 Å². The van der Waals surface area contributed by atoms with Crippen molar-refractivity contribution in [1.29, 1.82) is 0 Å². The van der Waals surface area contributed by atoms with Gasteiger partial charge in [-0.1, -0.05) is 194 Å². The number of hydrogen-bond acceptors (Lipinski definition) is 7. The number of unbranched alkanes of at least 4 members (excludes halogenated alkanes) is 14. The van der Waals surface area contributed by atoms with Crippen LogP contribution in [-0.2, 0) is 27.9 Å². The molecule has 9 heteroatoms. The molecule has 0 aliphatic carbocycles. The number of carbonyl (C=O) groups is 1. The third-order valence-electron chi connectivity index (χ3n) is 9.69. The summed E-state index contributed by atoms with van der Waals surface area (Å²) < 4.78 is 33.4. The Bertz CT molecular complexity index is 1310. The molecule has 2 atom stereocenters. The zero-order valence-corrected chi connectivity index (χ0v) is 40.2. The van der Waals surface area contributed by atoms with Crippen molar-refractivity contribution in [2.45, 2.75) is 187 Å².